The maximum atomic E-state index is 12.9. The van der Waals surface area contributed by atoms with Crippen LogP contribution in [0.25, 0.3) is 10.9 Å². The van der Waals surface area contributed by atoms with Crippen LogP contribution in [0.2, 0.25) is 0 Å². The van der Waals surface area contributed by atoms with Gasteiger partial charge in [0, 0.05) is 29.6 Å². The summed E-state index contributed by atoms with van der Waals surface area (Å²) in [7, 11) is 0. The molecule has 3 unspecified atom stereocenters. The summed E-state index contributed by atoms with van der Waals surface area (Å²) in [4.78, 5) is 15.1. The summed E-state index contributed by atoms with van der Waals surface area (Å²) in [6.07, 6.45) is 3.68. The summed E-state index contributed by atoms with van der Waals surface area (Å²) in [6.45, 7) is 2.08. The monoisotopic (exact) mass is 296 g/mol. The van der Waals surface area contributed by atoms with Crippen LogP contribution in [0.4, 0.5) is 0 Å². The van der Waals surface area contributed by atoms with E-state index in [-0.39, 0.29) is 10.1 Å². The quantitative estimate of drug-likeness (QED) is 0.745. The number of piperidine rings is 1. The van der Waals surface area contributed by atoms with Crippen molar-refractivity contribution < 1.29 is 4.79 Å². The van der Waals surface area contributed by atoms with Gasteiger partial charge in [0.15, 0.2) is 0 Å². The molecule has 21 heavy (non-hydrogen) atoms. The maximum Gasteiger partial charge on any atom is 0.241 e. The number of amides is 1. The zero-order chi connectivity index (χ0) is 13.8. The predicted octanol–water partition coefficient (Wildman–Crippen LogP) is 3.24. The van der Waals surface area contributed by atoms with Crippen molar-refractivity contribution in [2.45, 2.75) is 35.9 Å². The summed E-state index contributed by atoms with van der Waals surface area (Å²) in [5.41, 5.74) is 4.17. The van der Waals surface area contributed by atoms with E-state index in [1.165, 1.54) is 41.4 Å². The Morgan fingerprint density at radius 1 is 1.19 bits per heavy atom. The van der Waals surface area contributed by atoms with Gasteiger partial charge in [0.25, 0.3) is 0 Å². The van der Waals surface area contributed by atoms with Crippen molar-refractivity contribution in [2.75, 3.05) is 6.54 Å². The molecule has 2 aromatic rings. The van der Waals surface area contributed by atoms with Gasteiger partial charge in [-0.2, -0.15) is 0 Å². The van der Waals surface area contributed by atoms with E-state index in [4.69, 9.17) is 0 Å². The van der Waals surface area contributed by atoms with Crippen molar-refractivity contribution in [1.29, 1.82) is 0 Å². The number of hydrogen-bond acceptors (Lipinski definition) is 2. The van der Waals surface area contributed by atoms with Crippen molar-refractivity contribution in [1.82, 2.24) is 9.47 Å². The fourth-order valence-electron chi connectivity index (χ4n) is 5.28. The highest BCUT2D eigenvalue weighted by molar-refractivity contribution is 8.02. The van der Waals surface area contributed by atoms with Crippen molar-refractivity contribution in [3.8, 4) is 0 Å². The van der Waals surface area contributed by atoms with E-state index in [0.29, 0.717) is 11.8 Å². The Kier molecular flexibility index (Phi) is 1.77. The van der Waals surface area contributed by atoms with E-state index in [2.05, 4.69) is 33.7 Å². The topological polar surface area (TPSA) is 25.2 Å². The van der Waals surface area contributed by atoms with Crippen molar-refractivity contribution in [3.63, 3.8) is 0 Å². The van der Waals surface area contributed by atoms with Crippen LogP contribution in [0.15, 0.2) is 24.3 Å². The first-order valence-electron chi connectivity index (χ1n) is 7.93. The summed E-state index contributed by atoms with van der Waals surface area (Å²) in [6, 6.07) is 8.68. The van der Waals surface area contributed by atoms with E-state index in [9.17, 15) is 4.79 Å². The van der Waals surface area contributed by atoms with Crippen LogP contribution in [-0.2, 0) is 16.2 Å². The molecule has 4 aliphatic rings. The Morgan fingerprint density at radius 3 is 3.05 bits per heavy atom. The minimum absolute atomic E-state index is 0.0212. The van der Waals surface area contributed by atoms with E-state index in [1.54, 1.807) is 0 Å². The molecule has 5 heterocycles. The first kappa shape index (κ1) is 11.2. The van der Waals surface area contributed by atoms with Crippen molar-refractivity contribution in [2.24, 2.45) is 5.92 Å². The molecule has 2 bridgehead atoms. The number of thioether (sulfide) groups is 1. The highest BCUT2D eigenvalue weighted by Crippen LogP contribution is 2.71. The molecule has 0 saturated carbocycles. The molecule has 1 aromatic heterocycles. The zero-order valence-electron chi connectivity index (χ0n) is 11.7. The van der Waals surface area contributed by atoms with Crippen LogP contribution >= 0.6 is 11.8 Å². The number of aromatic nitrogens is 1. The Bertz CT molecular complexity index is 826. The first-order chi connectivity index (χ1) is 10.3. The maximum absolute atomic E-state index is 12.9. The van der Waals surface area contributed by atoms with Crippen LogP contribution in [0, 0.1) is 5.92 Å². The normalized spacial score (nSPS) is 35.6. The second-order valence-corrected chi connectivity index (χ2v) is 8.07. The van der Waals surface area contributed by atoms with E-state index >= 15 is 0 Å². The number of fused-ring (bicyclic) bond motifs is 5. The second kappa shape index (κ2) is 3.32. The molecular formula is C17H16N2OS. The number of carbonyl (C=O) groups is 1. The number of para-hydroxylation sites is 1. The molecule has 3 nitrogen and oxygen atoms in total. The van der Waals surface area contributed by atoms with Crippen LogP contribution in [0.5, 0.6) is 0 Å². The molecule has 106 valence electrons. The van der Waals surface area contributed by atoms with Gasteiger partial charge in [-0.1, -0.05) is 18.2 Å². The summed E-state index contributed by atoms with van der Waals surface area (Å²) in [5.74, 6) is 1.03. The van der Waals surface area contributed by atoms with E-state index in [1.807, 2.05) is 11.8 Å². The van der Waals surface area contributed by atoms with Gasteiger partial charge < -0.3 is 9.47 Å². The first-order valence-corrected chi connectivity index (χ1v) is 8.81. The summed E-state index contributed by atoms with van der Waals surface area (Å²) < 4.78 is 2.53. The van der Waals surface area contributed by atoms with Gasteiger partial charge in [-0.05, 0) is 31.2 Å². The lowest BCUT2D eigenvalue weighted by atomic mass is 9.78. The molecule has 0 radical (unpaired) electrons. The van der Waals surface area contributed by atoms with Gasteiger partial charge >= 0.3 is 0 Å². The molecule has 0 N–H and O–H groups in total. The lowest BCUT2D eigenvalue weighted by molar-refractivity contribution is -0.138. The van der Waals surface area contributed by atoms with Gasteiger partial charge in [-0.25, -0.2) is 0 Å². The molecule has 6 rings (SSSR count). The molecule has 0 aliphatic carbocycles. The fourth-order valence-corrected chi connectivity index (χ4v) is 7.29. The molecule has 3 atom stereocenters. The molecule has 1 amide bonds. The Hall–Kier alpha value is -1.42. The molecule has 2 saturated heterocycles. The largest absolute Gasteiger partial charge is 0.341 e. The minimum Gasteiger partial charge on any atom is -0.341 e. The number of nitrogens with zero attached hydrogens (tertiary/aromatic N) is 2. The summed E-state index contributed by atoms with van der Waals surface area (Å²) >= 11 is 1.95. The Balaban J connectivity index is 1.80. The number of rotatable bonds is 0. The van der Waals surface area contributed by atoms with Crippen LogP contribution in [0.1, 0.15) is 35.8 Å². The van der Waals surface area contributed by atoms with Gasteiger partial charge in [-0.15, -0.1) is 11.8 Å². The van der Waals surface area contributed by atoms with Crippen molar-refractivity contribution in [3.05, 3.63) is 35.5 Å². The average molecular weight is 296 g/mol. The molecule has 2 fully saturated rings. The highest BCUT2D eigenvalue weighted by atomic mass is 32.2. The lowest BCUT2D eigenvalue weighted by Gasteiger charge is -2.50. The molecular weight excluding hydrogens is 280 g/mol. The number of aryl methyl sites for hydroxylation is 1. The fraction of sp³-hybridized carbons (Fsp3) is 0.471. The van der Waals surface area contributed by atoms with Crippen molar-refractivity contribution >= 4 is 28.6 Å². The van der Waals surface area contributed by atoms with Gasteiger partial charge in [0.05, 0.1) is 5.69 Å². The SMILES string of the molecule is O=C1C2SC34c5c2c2ccccc2n5CCC3CCCN14. The van der Waals surface area contributed by atoms with Gasteiger partial charge in [0.1, 0.15) is 10.1 Å². The van der Waals surface area contributed by atoms with E-state index in [0.717, 1.165) is 13.1 Å². The van der Waals surface area contributed by atoms with Crippen LogP contribution in [0.3, 0.4) is 0 Å². The predicted molar refractivity (Wildman–Crippen MR) is 83.0 cm³/mol. The Morgan fingerprint density at radius 2 is 2.10 bits per heavy atom. The third kappa shape index (κ3) is 0.997. The van der Waals surface area contributed by atoms with Gasteiger partial charge in [0.2, 0.25) is 5.91 Å². The third-order valence-corrected chi connectivity index (χ3v) is 7.77. The zero-order valence-corrected chi connectivity index (χ0v) is 12.5. The van der Waals surface area contributed by atoms with Gasteiger partial charge in [-0.3, -0.25) is 4.79 Å². The van der Waals surface area contributed by atoms with Crippen LogP contribution in [-0.4, -0.2) is 21.9 Å². The lowest BCUT2D eigenvalue weighted by Crippen LogP contribution is -2.55. The molecule has 1 aromatic carbocycles. The number of carbonyl (C=O) groups excluding carboxylic acids is 1. The average Bonchev–Trinajstić information content (AvgIpc) is 3.13. The van der Waals surface area contributed by atoms with Crippen LogP contribution < -0.4 is 0 Å². The van der Waals surface area contributed by atoms with E-state index < -0.39 is 0 Å². The number of hydrogen-bond donors (Lipinski definition) is 0. The number of benzene rings is 1. The molecule has 4 heteroatoms. The molecule has 1 spiro atoms. The smallest absolute Gasteiger partial charge is 0.241 e. The highest BCUT2D eigenvalue weighted by Gasteiger charge is 2.67. The standard InChI is InChI=1S/C17H16N2OS/c20-16-14-13-11-5-1-2-6-12(11)18-9-7-10-4-3-8-19(16)17(10,21-14)15(13)18/h1-2,5-6,10,14H,3-4,7-9H2. The molecule has 4 aliphatic heterocycles. The summed E-state index contributed by atoms with van der Waals surface area (Å²) in [5, 5.41) is 1.38. The third-order valence-electron chi connectivity index (χ3n) is 5.99. The minimum atomic E-state index is -0.0212. The Labute approximate surface area is 127 Å². The second-order valence-electron chi connectivity index (χ2n) is 6.74.